The molecule has 0 aliphatic rings. The van der Waals surface area contributed by atoms with Gasteiger partial charge in [-0.1, -0.05) is 30.3 Å². The van der Waals surface area contributed by atoms with Crippen LogP contribution in [0.2, 0.25) is 0 Å². The highest BCUT2D eigenvalue weighted by Crippen LogP contribution is 2.12. The zero-order valence-electron chi connectivity index (χ0n) is 10.9. The van der Waals surface area contributed by atoms with Gasteiger partial charge < -0.3 is 4.74 Å². The Labute approximate surface area is 116 Å². The summed E-state index contributed by atoms with van der Waals surface area (Å²) in [5.74, 6) is 1.34. The average molecular weight is 266 g/mol. The number of benzene rings is 1. The van der Waals surface area contributed by atoms with Gasteiger partial charge in [-0.2, -0.15) is 5.10 Å². The van der Waals surface area contributed by atoms with Gasteiger partial charge in [-0.15, -0.1) is 0 Å². The zero-order chi connectivity index (χ0) is 13.6. The number of nitrogens with one attached hydrogen (secondary N) is 1. The summed E-state index contributed by atoms with van der Waals surface area (Å²) >= 11 is 0. The van der Waals surface area contributed by atoms with Gasteiger partial charge >= 0.3 is 0 Å². The minimum Gasteiger partial charge on any atom is -0.369 e. The lowest BCUT2D eigenvalue weighted by Crippen LogP contribution is -1.95. The van der Waals surface area contributed by atoms with Crippen molar-refractivity contribution in [3.63, 3.8) is 0 Å². The second-order valence-electron chi connectivity index (χ2n) is 4.33. The first kappa shape index (κ1) is 12.5. The molecule has 0 bridgehead atoms. The molecule has 2 heterocycles. The second-order valence-corrected chi connectivity index (χ2v) is 4.33. The Hall–Kier alpha value is -2.53. The normalized spacial score (nSPS) is 10.6. The Kier molecular flexibility index (Phi) is 3.80. The minimum atomic E-state index is 0.405. The maximum Gasteiger partial charge on any atom is 0.182 e. The molecule has 0 saturated carbocycles. The maximum atomic E-state index is 5.61. The highest BCUT2D eigenvalue weighted by molar-refractivity contribution is 5.52. The van der Waals surface area contributed by atoms with Crippen molar-refractivity contribution >= 4 is 0 Å². The van der Waals surface area contributed by atoms with Gasteiger partial charge in [0, 0.05) is 18.0 Å². The molecule has 1 aromatic carbocycles. The Balaban J connectivity index is 1.58. The minimum absolute atomic E-state index is 0.405. The number of ether oxygens (including phenoxy) is 1. The van der Waals surface area contributed by atoms with Gasteiger partial charge in [-0.05, 0) is 17.7 Å². The van der Waals surface area contributed by atoms with Crippen LogP contribution < -0.4 is 0 Å². The highest BCUT2D eigenvalue weighted by atomic mass is 16.5. The average Bonchev–Trinajstić information content (AvgIpc) is 2.98. The molecule has 3 rings (SSSR count). The van der Waals surface area contributed by atoms with E-state index in [0.29, 0.717) is 24.9 Å². The van der Waals surface area contributed by atoms with Crippen molar-refractivity contribution in [3.05, 3.63) is 66.2 Å². The standard InChI is InChI=1S/C15H14N4O/c1-2-5-12(6-3-1)10-20-11-14-17-15(19-18-14)13-7-4-8-16-9-13/h1-9H,10-11H2,(H,17,18,19). The molecular formula is C15H14N4O. The van der Waals surface area contributed by atoms with Crippen molar-refractivity contribution in [1.29, 1.82) is 0 Å². The van der Waals surface area contributed by atoms with Crippen molar-refractivity contribution in [1.82, 2.24) is 20.2 Å². The quantitative estimate of drug-likeness (QED) is 0.771. The van der Waals surface area contributed by atoms with Crippen LogP contribution in [-0.2, 0) is 18.0 Å². The molecule has 0 aliphatic carbocycles. The fraction of sp³-hybridized carbons (Fsp3) is 0.133. The molecule has 0 fully saturated rings. The molecule has 5 nitrogen and oxygen atoms in total. The smallest absolute Gasteiger partial charge is 0.182 e. The summed E-state index contributed by atoms with van der Waals surface area (Å²) < 4.78 is 5.61. The largest absolute Gasteiger partial charge is 0.369 e. The third kappa shape index (κ3) is 3.07. The van der Waals surface area contributed by atoms with Gasteiger partial charge in [0.15, 0.2) is 11.6 Å². The third-order valence-corrected chi connectivity index (χ3v) is 2.80. The summed E-state index contributed by atoms with van der Waals surface area (Å²) in [6.45, 7) is 0.964. The monoisotopic (exact) mass is 266 g/mol. The van der Waals surface area contributed by atoms with Crippen LogP contribution in [0.1, 0.15) is 11.4 Å². The molecule has 0 amide bonds. The summed E-state index contributed by atoms with van der Waals surface area (Å²) in [5, 5.41) is 7.03. The molecule has 0 spiro atoms. The lowest BCUT2D eigenvalue weighted by Gasteiger charge is -2.01. The number of aromatic nitrogens is 4. The van der Waals surface area contributed by atoms with Gasteiger partial charge in [-0.3, -0.25) is 10.1 Å². The van der Waals surface area contributed by atoms with Gasteiger partial charge in [0.25, 0.3) is 0 Å². The molecule has 0 unspecified atom stereocenters. The number of pyridine rings is 1. The van der Waals surface area contributed by atoms with Crippen LogP contribution in [0.25, 0.3) is 11.4 Å². The molecule has 20 heavy (non-hydrogen) atoms. The van der Waals surface area contributed by atoms with Gasteiger partial charge in [0.1, 0.15) is 6.61 Å². The van der Waals surface area contributed by atoms with E-state index in [2.05, 4.69) is 20.2 Å². The van der Waals surface area contributed by atoms with Crippen LogP contribution in [0.4, 0.5) is 0 Å². The lowest BCUT2D eigenvalue weighted by molar-refractivity contribution is 0.102. The van der Waals surface area contributed by atoms with Crippen molar-refractivity contribution in [2.24, 2.45) is 0 Å². The number of hydrogen-bond donors (Lipinski definition) is 1. The highest BCUT2D eigenvalue weighted by Gasteiger charge is 2.05. The van der Waals surface area contributed by atoms with Gasteiger partial charge in [0.2, 0.25) is 0 Å². The van der Waals surface area contributed by atoms with E-state index in [1.54, 1.807) is 12.4 Å². The number of hydrogen-bond acceptors (Lipinski definition) is 4. The molecule has 0 radical (unpaired) electrons. The molecule has 0 aliphatic heterocycles. The van der Waals surface area contributed by atoms with E-state index in [9.17, 15) is 0 Å². The molecule has 0 saturated heterocycles. The fourth-order valence-electron chi connectivity index (χ4n) is 1.82. The van der Waals surface area contributed by atoms with E-state index < -0.39 is 0 Å². The van der Waals surface area contributed by atoms with E-state index in [0.717, 1.165) is 11.1 Å². The lowest BCUT2D eigenvalue weighted by atomic mass is 10.2. The third-order valence-electron chi connectivity index (χ3n) is 2.80. The van der Waals surface area contributed by atoms with Crippen molar-refractivity contribution < 1.29 is 4.74 Å². The Morgan fingerprint density at radius 1 is 1.00 bits per heavy atom. The maximum absolute atomic E-state index is 5.61. The van der Waals surface area contributed by atoms with Crippen molar-refractivity contribution in [3.8, 4) is 11.4 Å². The van der Waals surface area contributed by atoms with Crippen molar-refractivity contribution in [2.45, 2.75) is 13.2 Å². The molecule has 0 atom stereocenters. The van der Waals surface area contributed by atoms with Crippen molar-refractivity contribution in [2.75, 3.05) is 0 Å². The Bertz CT molecular complexity index is 652. The molecule has 5 heteroatoms. The van der Waals surface area contributed by atoms with E-state index in [1.165, 1.54) is 0 Å². The number of aromatic amines is 1. The molecule has 1 N–H and O–H groups in total. The van der Waals surface area contributed by atoms with Crippen LogP contribution in [0.3, 0.4) is 0 Å². The first-order valence-electron chi connectivity index (χ1n) is 6.35. The molecule has 3 aromatic rings. The SMILES string of the molecule is c1ccc(COCc2nc(-c3cccnc3)n[nH]2)cc1. The van der Waals surface area contributed by atoms with Crippen LogP contribution in [0.5, 0.6) is 0 Å². The molecular weight excluding hydrogens is 252 g/mol. The van der Waals surface area contributed by atoms with Crippen LogP contribution >= 0.6 is 0 Å². The van der Waals surface area contributed by atoms with Crippen LogP contribution in [-0.4, -0.2) is 20.2 Å². The van der Waals surface area contributed by atoms with E-state index >= 15 is 0 Å². The molecule has 2 aromatic heterocycles. The van der Waals surface area contributed by atoms with Gasteiger partial charge in [0.05, 0.1) is 6.61 Å². The Morgan fingerprint density at radius 2 is 1.90 bits per heavy atom. The van der Waals surface area contributed by atoms with E-state index in [-0.39, 0.29) is 0 Å². The first-order valence-corrected chi connectivity index (χ1v) is 6.35. The summed E-state index contributed by atoms with van der Waals surface area (Å²) in [4.78, 5) is 8.43. The Morgan fingerprint density at radius 3 is 2.70 bits per heavy atom. The zero-order valence-corrected chi connectivity index (χ0v) is 10.9. The summed E-state index contributed by atoms with van der Waals surface area (Å²) in [6, 6.07) is 13.8. The van der Waals surface area contributed by atoms with Gasteiger partial charge in [-0.25, -0.2) is 4.98 Å². The first-order chi connectivity index (χ1) is 9.92. The number of nitrogens with zero attached hydrogens (tertiary/aromatic N) is 3. The fourth-order valence-corrected chi connectivity index (χ4v) is 1.82. The predicted molar refractivity (Wildman–Crippen MR) is 74.5 cm³/mol. The van der Waals surface area contributed by atoms with Crippen LogP contribution in [0, 0.1) is 0 Å². The number of rotatable bonds is 5. The summed E-state index contributed by atoms with van der Waals surface area (Å²) in [6.07, 6.45) is 3.46. The molecule has 100 valence electrons. The predicted octanol–water partition coefficient (Wildman–Crippen LogP) is 2.58. The summed E-state index contributed by atoms with van der Waals surface area (Å²) in [7, 11) is 0. The summed E-state index contributed by atoms with van der Waals surface area (Å²) in [5.41, 5.74) is 2.03. The second kappa shape index (κ2) is 6.08. The van der Waals surface area contributed by atoms with E-state index in [4.69, 9.17) is 4.74 Å². The van der Waals surface area contributed by atoms with E-state index in [1.807, 2.05) is 42.5 Å². The van der Waals surface area contributed by atoms with Crippen LogP contribution in [0.15, 0.2) is 54.9 Å². The number of H-pyrrole nitrogens is 1. The topological polar surface area (TPSA) is 63.7 Å².